The monoisotopic (exact) mass is 179 g/mol. The molecule has 0 unspecified atom stereocenters. The first-order chi connectivity index (χ1) is 6.24. The molecule has 0 spiro atoms. The number of hydrogen-bond acceptors (Lipinski definition) is 4. The van der Waals surface area contributed by atoms with Crippen molar-refractivity contribution in [1.29, 1.82) is 0 Å². The first kappa shape index (κ1) is 9.18. The highest BCUT2D eigenvalue weighted by atomic mass is 16.2. The van der Waals surface area contributed by atoms with Crippen LogP contribution in [0.15, 0.2) is 18.3 Å². The first-order valence-electron chi connectivity index (χ1n) is 3.67. The van der Waals surface area contributed by atoms with E-state index in [9.17, 15) is 9.59 Å². The number of nitrogens with two attached hydrogens (primary N) is 1. The Balaban J connectivity index is 2.71. The molecule has 13 heavy (non-hydrogen) atoms. The van der Waals surface area contributed by atoms with Gasteiger partial charge in [-0.15, -0.1) is 0 Å². The Kier molecular flexibility index (Phi) is 2.97. The third-order valence-electron chi connectivity index (χ3n) is 1.39. The molecule has 0 fully saturated rings. The summed E-state index contributed by atoms with van der Waals surface area (Å²) in [5, 5.41) is 2.39. The first-order valence-corrected chi connectivity index (χ1v) is 3.67. The molecule has 5 nitrogen and oxygen atoms in total. The van der Waals surface area contributed by atoms with E-state index in [1.54, 1.807) is 0 Å². The van der Waals surface area contributed by atoms with Crippen LogP contribution in [0.1, 0.15) is 10.4 Å². The summed E-state index contributed by atoms with van der Waals surface area (Å²) in [5.74, 6) is -0.0556. The molecule has 0 atom stereocenters. The second-order valence-electron chi connectivity index (χ2n) is 2.35. The van der Waals surface area contributed by atoms with E-state index in [-0.39, 0.29) is 18.3 Å². The molecule has 1 amide bonds. The molecule has 0 aliphatic rings. The van der Waals surface area contributed by atoms with Crippen molar-refractivity contribution >= 4 is 18.0 Å². The smallest absolute Gasteiger partial charge is 0.251 e. The van der Waals surface area contributed by atoms with Crippen LogP contribution >= 0.6 is 0 Å². The number of aromatic nitrogens is 1. The van der Waals surface area contributed by atoms with Crippen LogP contribution in [0.3, 0.4) is 0 Å². The SMILES string of the molecule is Nc1cc(C(=O)NCC=O)ccn1. The Hall–Kier alpha value is -1.91. The van der Waals surface area contributed by atoms with Crippen molar-refractivity contribution in [3.63, 3.8) is 0 Å². The van der Waals surface area contributed by atoms with Crippen LogP contribution in [0, 0.1) is 0 Å². The van der Waals surface area contributed by atoms with Gasteiger partial charge in [-0.05, 0) is 12.1 Å². The maximum Gasteiger partial charge on any atom is 0.251 e. The molecule has 1 aromatic heterocycles. The molecule has 0 radical (unpaired) electrons. The summed E-state index contributed by atoms with van der Waals surface area (Å²) in [5.41, 5.74) is 5.76. The van der Waals surface area contributed by atoms with Gasteiger partial charge in [0.15, 0.2) is 0 Å². The van der Waals surface area contributed by atoms with Crippen LogP contribution in [0.5, 0.6) is 0 Å². The maximum atomic E-state index is 11.2. The number of anilines is 1. The predicted molar refractivity (Wildman–Crippen MR) is 47.0 cm³/mol. The van der Waals surface area contributed by atoms with Gasteiger partial charge in [0.25, 0.3) is 5.91 Å². The lowest BCUT2D eigenvalue weighted by molar-refractivity contribution is -0.107. The minimum absolute atomic E-state index is 0.00105. The third kappa shape index (κ3) is 2.55. The zero-order chi connectivity index (χ0) is 9.68. The quantitative estimate of drug-likeness (QED) is 0.618. The van der Waals surface area contributed by atoms with Crippen molar-refractivity contribution in [2.24, 2.45) is 0 Å². The van der Waals surface area contributed by atoms with Gasteiger partial charge in [-0.2, -0.15) is 0 Å². The molecule has 1 heterocycles. The Bertz CT molecular complexity index is 325. The molecule has 0 aliphatic heterocycles. The largest absolute Gasteiger partial charge is 0.384 e. The fourth-order valence-corrected chi connectivity index (χ4v) is 0.826. The molecule has 0 saturated heterocycles. The molecule has 1 rings (SSSR count). The number of aldehydes is 1. The second-order valence-corrected chi connectivity index (χ2v) is 2.35. The lowest BCUT2D eigenvalue weighted by Crippen LogP contribution is -2.25. The Labute approximate surface area is 75.0 Å². The van der Waals surface area contributed by atoms with Crippen LogP contribution in [-0.4, -0.2) is 23.7 Å². The minimum atomic E-state index is -0.332. The van der Waals surface area contributed by atoms with Gasteiger partial charge in [0.1, 0.15) is 12.1 Å². The topological polar surface area (TPSA) is 85.1 Å². The Morgan fingerprint density at radius 1 is 1.69 bits per heavy atom. The van der Waals surface area contributed by atoms with Crippen LogP contribution in [0.25, 0.3) is 0 Å². The van der Waals surface area contributed by atoms with Crippen LogP contribution < -0.4 is 11.1 Å². The number of hydrogen-bond donors (Lipinski definition) is 2. The van der Waals surface area contributed by atoms with Gasteiger partial charge >= 0.3 is 0 Å². The van der Waals surface area contributed by atoms with Crippen molar-refractivity contribution in [3.8, 4) is 0 Å². The van der Waals surface area contributed by atoms with E-state index in [0.717, 1.165) is 0 Å². The highest BCUT2D eigenvalue weighted by molar-refractivity contribution is 5.95. The zero-order valence-electron chi connectivity index (χ0n) is 6.86. The molecule has 1 aromatic rings. The summed E-state index contributed by atoms with van der Waals surface area (Å²) in [4.78, 5) is 24.9. The number of amides is 1. The second kappa shape index (κ2) is 4.20. The van der Waals surface area contributed by atoms with E-state index in [0.29, 0.717) is 11.8 Å². The lowest BCUT2D eigenvalue weighted by atomic mass is 10.2. The molecule has 0 saturated carbocycles. The molecule has 0 aromatic carbocycles. The average molecular weight is 179 g/mol. The van der Waals surface area contributed by atoms with Crippen LogP contribution in [0.2, 0.25) is 0 Å². The highest BCUT2D eigenvalue weighted by Crippen LogP contribution is 2.01. The molecule has 68 valence electrons. The number of nitrogens with zero attached hydrogens (tertiary/aromatic N) is 1. The number of carbonyl (C=O) groups excluding carboxylic acids is 2. The summed E-state index contributed by atoms with van der Waals surface area (Å²) in [6, 6.07) is 2.97. The van der Waals surface area contributed by atoms with Gasteiger partial charge in [0, 0.05) is 11.8 Å². The molecule has 5 heteroatoms. The van der Waals surface area contributed by atoms with E-state index in [2.05, 4.69) is 10.3 Å². The average Bonchev–Trinajstić information content (AvgIpc) is 2.14. The number of nitrogen functional groups attached to an aromatic ring is 1. The maximum absolute atomic E-state index is 11.2. The van der Waals surface area contributed by atoms with Crippen molar-refractivity contribution in [3.05, 3.63) is 23.9 Å². The van der Waals surface area contributed by atoms with E-state index in [1.807, 2.05) is 0 Å². The number of pyridine rings is 1. The Morgan fingerprint density at radius 3 is 3.08 bits per heavy atom. The third-order valence-corrected chi connectivity index (χ3v) is 1.39. The van der Waals surface area contributed by atoms with Crippen molar-refractivity contribution in [2.45, 2.75) is 0 Å². The van der Waals surface area contributed by atoms with Gasteiger partial charge in [0.05, 0.1) is 6.54 Å². The summed E-state index contributed by atoms with van der Waals surface area (Å²) in [6.45, 7) is 0.00105. The van der Waals surface area contributed by atoms with Crippen molar-refractivity contribution in [1.82, 2.24) is 10.3 Å². The normalized spacial score (nSPS) is 9.23. The predicted octanol–water partition coefficient (Wildman–Crippen LogP) is -0.408. The number of rotatable bonds is 3. The van der Waals surface area contributed by atoms with Crippen molar-refractivity contribution in [2.75, 3.05) is 12.3 Å². The van der Waals surface area contributed by atoms with E-state index in [4.69, 9.17) is 5.73 Å². The van der Waals surface area contributed by atoms with Gasteiger partial charge in [0.2, 0.25) is 0 Å². The molecule has 3 N–H and O–H groups in total. The van der Waals surface area contributed by atoms with Gasteiger partial charge in [-0.1, -0.05) is 0 Å². The molecule has 0 bridgehead atoms. The molecular formula is C8H9N3O2. The molecule has 0 aliphatic carbocycles. The minimum Gasteiger partial charge on any atom is -0.384 e. The van der Waals surface area contributed by atoms with Crippen LogP contribution in [0.4, 0.5) is 5.82 Å². The van der Waals surface area contributed by atoms with Crippen molar-refractivity contribution < 1.29 is 9.59 Å². The summed E-state index contributed by atoms with van der Waals surface area (Å²) >= 11 is 0. The standard InChI is InChI=1S/C8H9N3O2/c9-7-5-6(1-2-10-7)8(13)11-3-4-12/h1-2,4-5H,3H2,(H2,9,10)(H,11,13). The van der Waals surface area contributed by atoms with E-state index >= 15 is 0 Å². The summed E-state index contributed by atoms with van der Waals surface area (Å²) in [6.07, 6.45) is 2.05. The van der Waals surface area contributed by atoms with E-state index < -0.39 is 0 Å². The molecular weight excluding hydrogens is 170 g/mol. The summed E-state index contributed by atoms with van der Waals surface area (Å²) < 4.78 is 0. The zero-order valence-corrected chi connectivity index (χ0v) is 6.86. The van der Waals surface area contributed by atoms with Gasteiger partial charge in [-0.25, -0.2) is 4.98 Å². The Morgan fingerprint density at radius 2 is 2.46 bits per heavy atom. The lowest BCUT2D eigenvalue weighted by Gasteiger charge is -2.00. The van der Waals surface area contributed by atoms with E-state index in [1.165, 1.54) is 18.3 Å². The van der Waals surface area contributed by atoms with Crippen LogP contribution in [-0.2, 0) is 4.79 Å². The highest BCUT2D eigenvalue weighted by Gasteiger charge is 2.03. The van der Waals surface area contributed by atoms with Gasteiger partial charge in [-0.3, -0.25) is 4.79 Å². The van der Waals surface area contributed by atoms with Gasteiger partial charge < -0.3 is 15.8 Å². The fourth-order valence-electron chi connectivity index (χ4n) is 0.826. The number of nitrogens with one attached hydrogen (secondary N) is 1. The number of carbonyl (C=O) groups is 2. The fraction of sp³-hybridized carbons (Fsp3) is 0.125. The summed E-state index contributed by atoms with van der Waals surface area (Å²) in [7, 11) is 0.